The van der Waals surface area contributed by atoms with Crippen molar-refractivity contribution in [3.63, 3.8) is 0 Å². The molecule has 1 unspecified atom stereocenters. The minimum absolute atomic E-state index is 0.333. The molecule has 0 aromatic heterocycles. The second kappa shape index (κ2) is 2.42. The van der Waals surface area contributed by atoms with Crippen molar-refractivity contribution in [2.75, 3.05) is 5.88 Å². The van der Waals surface area contributed by atoms with Gasteiger partial charge in [0.05, 0.1) is 5.88 Å². The molecule has 0 saturated heterocycles. The van der Waals surface area contributed by atoms with Crippen molar-refractivity contribution in [3.8, 4) is 0 Å². The molecule has 0 aliphatic heterocycles. The summed E-state index contributed by atoms with van der Waals surface area (Å²) in [6.45, 7) is 0. The van der Waals surface area contributed by atoms with Gasteiger partial charge in [-0.15, -0.1) is 11.6 Å². The van der Waals surface area contributed by atoms with Crippen molar-refractivity contribution in [2.45, 2.75) is 6.36 Å². The van der Waals surface area contributed by atoms with Crippen molar-refractivity contribution in [2.24, 2.45) is 0 Å². The summed E-state index contributed by atoms with van der Waals surface area (Å²) < 4.78 is 10.9. The van der Waals surface area contributed by atoms with E-state index in [1.165, 1.54) is 0 Å². The molecule has 1 N–H and O–H groups in total. The lowest BCUT2D eigenvalue weighted by molar-refractivity contribution is 0.0639. The molecule has 0 amide bonds. The van der Waals surface area contributed by atoms with Gasteiger partial charge in [0.1, 0.15) is 0 Å². The maximum absolute atomic E-state index is 10.9. The first-order valence-electron chi connectivity index (χ1n) is 1.15. The predicted molar refractivity (Wildman–Crippen MR) is 17.8 cm³/mol. The largest absolute Gasteiger partial charge is 0.363 e. The molecule has 1 atom stereocenters. The third-order valence-corrected chi connectivity index (χ3v) is 0.382. The Bertz CT molecular complexity index is 23.6. The number of alkyl halides is 2. The van der Waals surface area contributed by atoms with E-state index in [9.17, 15) is 4.39 Å². The number of rotatable bonds is 1. The van der Waals surface area contributed by atoms with Crippen LogP contribution in [-0.4, -0.2) is 17.3 Å². The molecule has 5 heavy (non-hydrogen) atoms. The fourth-order valence-electron chi connectivity index (χ4n) is 0. The Morgan fingerprint density at radius 3 is 2.20 bits per heavy atom. The first kappa shape index (κ1) is 5.18. The van der Waals surface area contributed by atoms with Crippen LogP contribution in [0.3, 0.4) is 0 Å². The Morgan fingerprint density at radius 1 is 2.00 bits per heavy atom. The quantitative estimate of drug-likeness (QED) is 0.474. The lowest BCUT2D eigenvalue weighted by atomic mass is 10.8. The molecular formula is C2H4ClFO. The molecule has 1 nitrogen and oxygen atoms in total. The van der Waals surface area contributed by atoms with E-state index < -0.39 is 6.36 Å². The zero-order valence-corrected chi connectivity index (χ0v) is 3.24. The SMILES string of the molecule is OC(F)CCl. The van der Waals surface area contributed by atoms with Crippen molar-refractivity contribution in [1.29, 1.82) is 0 Å². The molecule has 0 spiro atoms. The minimum atomic E-state index is -1.85. The molecule has 0 fully saturated rings. The topological polar surface area (TPSA) is 20.2 Å². The summed E-state index contributed by atoms with van der Waals surface area (Å²) in [6.07, 6.45) is -1.85. The summed E-state index contributed by atoms with van der Waals surface area (Å²) in [5, 5.41) is 7.56. The van der Waals surface area contributed by atoms with Gasteiger partial charge in [0.25, 0.3) is 0 Å². The van der Waals surface area contributed by atoms with Crippen LogP contribution in [0.1, 0.15) is 0 Å². The van der Waals surface area contributed by atoms with Crippen LogP contribution in [0.25, 0.3) is 0 Å². The highest BCUT2D eigenvalue weighted by Gasteiger charge is 1.89. The zero-order valence-electron chi connectivity index (χ0n) is 2.49. The van der Waals surface area contributed by atoms with E-state index in [1.807, 2.05) is 0 Å². The number of hydrogen-bond donors (Lipinski definition) is 1. The second-order valence-electron chi connectivity index (χ2n) is 0.589. The summed E-state index contributed by atoms with van der Waals surface area (Å²) in [6, 6.07) is 0. The molecular weight excluding hydrogens is 94.5 g/mol. The smallest absolute Gasteiger partial charge is 0.210 e. The number of aliphatic hydroxyl groups is 1. The van der Waals surface area contributed by atoms with Gasteiger partial charge in [-0.1, -0.05) is 0 Å². The lowest BCUT2D eigenvalue weighted by Gasteiger charge is -1.84. The Labute approximate surface area is 34.4 Å². The number of hydrogen-bond acceptors (Lipinski definition) is 1. The molecule has 0 heterocycles. The van der Waals surface area contributed by atoms with Crippen LogP contribution in [0.4, 0.5) is 4.39 Å². The van der Waals surface area contributed by atoms with E-state index in [1.54, 1.807) is 0 Å². The van der Waals surface area contributed by atoms with Crippen LogP contribution in [0.2, 0.25) is 0 Å². The maximum atomic E-state index is 10.9. The summed E-state index contributed by atoms with van der Waals surface area (Å²) in [5.74, 6) is -0.333. The predicted octanol–water partition coefficient (Wildman–Crippen LogP) is 0.513. The molecule has 3 heteroatoms. The van der Waals surface area contributed by atoms with Gasteiger partial charge in [0.15, 0.2) is 0 Å². The number of halogens is 2. The Balaban J connectivity index is 2.54. The van der Waals surface area contributed by atoms with Gasteiger partial charge in [-0.3, -0.25) is 0 Å². The molecule has 32 valence electrons. The molecule has 0 aromatic rings. The Morgan fingerprint density at radius 2 is 2.20 bits per heavy atom. The second-order valence-corrected chi connectivity index (χ2v) is 0.897. The van der Waals surface area contributed by atoms with Gasteiger partial charge in [-0.05, 0) is 0 Å². The summed E-state index contributed by atoms with van der Waals surface area (Å²) in [7, 11) is 0. The summed E-state index contributed by atoms with van der Waals surface area (Å²) in [5.41, 5.74) is 0. The zero-order chi connectivity index (χ0) is 4.28. The standard InChI is InChI=1S/C2H4ClFO/c3-1-2(4)5/h2,5H,1H2. The summed E-state index contributed by atoms with van der Waals surface area (Å²) >= 11 is 4.71. The van der Waals surface area contributed by atoms with E-state index in [0.717, 1.165) is 0 Å². The van der Waals surface area contributed by atoms with Crippen molar-refractivity contribution >= 4 is 11.6 Å². The van der Waals surface area contributed by atoms with Crippen LogP contribution < -0.4 is 0 Å². The van der Waals surface area contributed by atoms with Gasteiger partial charge in [0.2, 0.25) is 6.36 Å². The summed E-state index contributed by atoms with van der Waals surface area (Å²) in [4.78, 5) is 0. The maximum Gasteiger partial charge on any atom is 0.210 e. The Kier molecular flexibility index (Phi) is 2.51. The van der Waals surface area contributed by atoms with Gasteiger partial charge >= 0.3 is 0 Å². The van der Waals surface area contributed by atoms with Crippen LogP contribution in [-0.2, 0) is 0 Å². The van der Waals surface area contributed by atoms with Crippen molar-refractivity contribution < 1.29 is 9.50 Å². The van der Waals surface area contributed by atoms with E-state index in [-0.39, 0.29) is 5.88 Å². The van der Waals surface area contributed by atoms with Crippen LogP contribution >= 0.6 is 11.6 Å². The molecule has 0 bridgehead atoms. The van der Waals surface area contributed by atoms with Gasteiger partial charge < -0.3 is 5.11 Å². The first-order chi connectivity index (χ1) is 2.27. The average molecular weight is 98.5 g/mol. The highest BCUT2D eigenvalue weighted by Crippen LogP contribution is 1.84. The molecule has 0 aliphatic rings. The monoisotopic (exact) mass is 98.0 g/mol. The van der Waals surface area contributed by atoms with E-state index in [4.69, 9.17) is 16.7 Å². The highest BCUT2D eigenvalue weighted by molar-refractivity contribution is 6.18. The van der Waals surface area contributed by atoms with Crippen molar-refractivity contribution in [3.05, 3.63) is 0 Å². The average Bonchev–Trinajstić information content (AvgIpc) is 1.38. The van der Waals surface area contributed by atoms with Crippen LogP contribution in [0.5, 0.6) is 0 Å². The molecule has 0 aliphatic carbocycles. The molecule has 0 saturated carbocycles. The fourth-order valence-corrected chi connectivity index (χ4v) is 0. The van der Waals surface area contributed by atoms with Crippen molar-refractivity contribution in [1.82, 2.24) is 0 Å². The van der Waals surface area contributed by atoms with E-state index in [0.29, 0.717) is 0 Å². The van der Waals surface area contributed by atoms with Gasteiger partial charge in [-0.2, -0.15) is 0 Å². The van der Waals surface area contributed by atoms with E-state index >= 15 is 0 Å². The fraction of sp³-hybridized carbons (Fsp3) is 1.00. The van der Waals surface area contributed by atoms with Crippen LogP contribution in [0, 0.1) is 0 Å². The molecule has 0 radical (unpaired) electrons. The van der Waals surface area contributed by atoms with E-state index in [2.05, 4.69) is 0 Å². The Hall–Kier alpha value is 0.180. The van der Waals surface area contributed by atoms with Gasteiger partial charge in [-0.25, -0.2) is 4.39 Å². The highest BCUT2D eigenvalue weighted by atomic mass is 35.5. The van der Waals surface area contributed by atoms with Gasteiger partial charge in [0, 0.05) is 0 Å². The molecule has 0 aromatic carbocycles. The molecule has 0 rings (SSSR count). The lowest BCUT2D eigenvalue weighted by Crippen LogP contribution is -1.95. The number of aliphatic hydroxyl groups excluding tert-OH is 1. The minimum Gasteiger partial charge on any atom is -0.363 e. The third-order valence-electron chi connectivity index (χ3n) is 0.127. The van der Waals surface area contributed by atoms with Crippen LogP contribution in [0.15, 0.2) is 0 Å². The third kappa shape index (κ3) is 4.18. The normalized spacial score (nSPS) is 15.0. The first-order valence-corrected chi connectivity index (χ1v) is 1.69.